The maximum Gasteiger partial charge on any atom is 0.404 e. The van der Waals surface area contributed by atoms with Crippen LogP contribution in [0.3, 0.4) is 0 Å². The molecule has 1 aliphatic carbocycles. The number of imide groups is 1. The van der Waals surface area contributed by atoms with Crippen molar-refractivity contribution in [2.45, 2.75) is 12.5 Å². The molecule has 0 aromatic carbocycles. The first-order valence-electron chi connectivity index (χ1n) is 4.57. The van der Waals surface area contributed by atoms with E-state index in [4.69, 9.17) is 10.5 Å². The third-order valence-corrected chi connectivity index (χ3v) is 2.62. The lowest BCUT2D eigenvalue weighted by molar-refractivity contribution is -0.127. The van der Waals surface area contributed by atoms with Crippen LogP contribution in [0.15, 0.2) is 12.2 Å². The second-order valence-electron chi connectivity index (χ2n) is 3.54. The fraction of sp³-hybridized carbons (Fsp3) is 0.444. The minimum absolute atomic E-state index is 0.348. The summed E-state index contributed by atoms with van der Waals surface area (Å²) in [5.41, 5.74) is 4.88. The van der Waals surface area contributed by atoms with E-state index in [1.807, 2.05) is 0 Å². The monoisotopic (exact) mass is 210 g/mol. The van der Waals surface area contributed by atoms with Gasteiger partial charge in [0.1, 0.15) is 6.10 Å². The standard InChI is InChI=1S/C9H10N2O4/c10-9(14)15-5-3-1-2-4-6(5)8(13)11-7(4)12/h1-2,4-6H,3H2,(H2,10,14)(H,11,12,13). The van der Waals surface area contributed by atoms with Gasteiger partial charge in [-0.05, 0) is 0 Å². The Morgan fingerprint density at radius 2 is 2.20 bits per heavy atom. The molecule has 0 aromatic heterocycles. The van der Waals surface area contributed by atoms with Crippen molar-refractivity contribution in [3.05, 3.63) is 12.2 Å². The highest BCUT2D eigenvalue weighted by Crippen LogP contribution is 2.31. The quantitative estimate of drug-likeness (QED) is 0.441. The number of amides is 3. The van der Waals surface area contributed by atoms with E-state index in [-0.39, 0.29) is 5.91 Å². The van der Waals surface area contributed by atoms with Gasteiger partial charge >= 0.3 is 6.09 Å². The van der Waals surface area contributed by atoms with Crippen LogP contribution in [0.5, 0.6) is 0 Å². The molecule has 0 radical (unpaired) electrons. The minimum Gasteiger partial charge on any atom is -0.445 e. The summed E-state index contributed by atoms with van der Waals surface area (Å²) in [5.74, 6) is -1.91. The fourth-order valence-electron chi connectivity index (χ4n) is 2.00. The Balaban J connectivity index is 2.22. The SMILES string of the molecule is NC(=O)OC1CC=CC2C(=O)NC(=O)C12. The van der Waals surface area contributed by atoms with E-state index in [1.165, 1.54) is 0 Å². The largest absolute Gasteiger partial charge is 0.445 e. The predicted molar refractivity (Wildman–Crippen MR) is 48.3 cm³/mol. The van der Waals surface area contributed by atoms with Gasteiger partial charge in [0, 0.05) is 6.42 Å². The highest BCUT2D eigenvalue weighted by molar-refractivity contribution is 6.06. The number of nitrogens with two attached hydrogens (primary N) is 1. The fourth-order valence-corrected chi connectivity index (χ4v) is 2.00. The van der Waals surface area contributed by atoms with Crippen LogP contribution in [0.1, 0.15) is 6.42 Å². The third kappa shape index (κ3) is 1.58. The zero-order chi connectivity index (χ0) is 11.0. The van der Waals surface area contributed by atoms with E-state index in [0.29, 0.717) is 6.42 Å². The Kier molecular flexibility index (Phi) is 2.18. The Hall–Kier alpha value is -1.85. The highest BCUT2D eigenvalue weighted by Gasteiger charge is 2.47. The molecule has 1 aliphatic heterocycles. The molecule has 1 saturated heterocycles. The topological polar surface area (TPSA) is 98.5 Å². The molecule has 0 aromatic rings. The van der Waals surface area contributed by atoms with Gasteiger partial charge in [0.25, 0.3) is 0 Å². The van der Waals surface area contributed by atoms with Gasteiger partial charge in [-0.25, -0.2) is 4.79 Å². The number of ether oxygens (including phenoxy) is 1. The van der Waals surface area contributed by atoms with Crippen molar-refractivity contribution < 1.29 is 19.1 Å². The summed E-state index contributed by atoms with van der Waals surface area (Å²) in [5, 5.41) is 2.20. The molecule has 0 saturated carbocycles. The number of hydrogen-bond donors (Lipinski definition) is 2. The lowest BCUT2D eigenvalue weighted by Crippen LogP contribution is -2.37. The molecule has 3 amide bonds. The molecular formula is C9H10N2O4. The maximum absolute atomic E-state index is 11.4. The van der Waals surface area contributed by atoms with Gasteiger partial charge in [-0.3, -0.25) is 14.9 Å². The lowest BCUT2D eigenvalue weighted by Gasteiger charge is -2.25. The highest BCUT2D eigenvalue weighted by atomic mass is 16.6. The summed E-state index contributed by atoms with van der Waals surface area (Å²) in [4.78, 5) is 33.3. The van der Waals surface area contributed by atoms with Crippen molar-refractivity contribution >= 4 is 17.9 Å². The van der Waals surface area contributed by atoms with Crippen LogP contribution < -0.4 is 11.1 Å². The van der Waals surface area contributed by atoms with Gasteiger partial charge in [-0.1, -0.05) is 12.2 Å². The third-order valence-electron chi connectivity index (χ3n) is 2.62. The molecule has 1 fully saturated rings. The van der Waals surface area contributed by atoms with Crippen molar-refractivity contribution in [1.29, 1.82) is 0 Å². The Morgan fingerprint density at radius 3 is 2.87 bits per heavy atom. The molecule has 0 spiro atoms. The number of rotatable bonds is 1. The second-order valence-corrected chi connectivity index (χ2v) is 3.54. The predicted octanol–water partition coefficient (Wildman–Crippen LogP) is -0.701. The van der Waals surface area contributed by atoms with E-state index in [1.54, 1.807) is 12.2 Å². The van der Waals surface area contributed by atoms with Gasteiger partial charge < -0.3 is 10.5 Å². The molecule has 2 rings (SSSR count). The Labute approximate surface area is 85.4 Å². The van der Waals surface area contributed by atoms with Crippen molar-refractivity contribution in [3.63, 3.8) is 0 Å². The van der Waals surface area contributed by atoms with Crippen molar-refractivity contribution in [2.24, 2.45) is 17.6 Å². The molecule has 1 heterocycles. The average molecular weight is 210 g/mol. The van der Waals surface area contributed by atoms with E-state index < -0.39 is 29.9 Å². The van der Waals surface area contributed by atoms with Gasteiger partial charge in [0.2, 0.25) is 11.8 Å². The Morgan fingerprint density at radius 1 is 1.47 bits per heavy atom. The van der Waals surface area contributed by atoms with Crippen molar-refractivity contribution in [3.8, 4) is 0 Å². The van der Waals surface area contributed by atoms with E-state index in [0.717, 1.165) is 0 Å². The minimum atomic E-state index is -0.929. The first kappa shape index (κ1) is 9.70. The molecule has 6 nitrogen and oxygen atoms in total. The van der Waals surface area contributed by atoms with Gasteiger partial charge in [-0.2, -0.15) is 0 Å². The van der Waals surface area contributed by atoms with Gasteiger partial charge in [0.15, 0.2) is 0 Å². The van der Waals surface area contributed by atoms with Crippen molar-refractivity contribution in [1.82, 2.24) is 5.32 Å². The Bertz CT molecular complexity index is 363. The molecule has 3 unspecified atom stereocenters. The summed E-state index contributed by atoms with van der Waals surface area (Å²) >= 11 is 0. The van der Waals surface area contributed by atoms with E-state index in [2.05, 4.69) is 5.32 Å². The summed E-state index contributed by atoms with van der Waals surface area (Å²) < 4.78 is 4.80. The van der Waals surface area contributed by atoms with Crippen LogP contribution in [0.4, 0.5) is 4.79 Å². The summed E-state index contributed by atoms with van der Waals surface area (Å²) in [6.07, 6.45) is 2.22. The van der Waals surface area contributed by atoms with Crippen LogP contribution in [-0.4, -0.2) is 24.0 Å². The molecule has 0 bridgehead atoms. The first-order valence-corrected chi connectivity index (χ1v) is 4.57. The molecule has 2 aliphatic rings. The van der Waals surface area contributed by atoms with E-state index >= 15 is 0 Å². The smallest absolute Gasteiger partial charge is 0.404 e. The zero-order valence-electron chi connectivity index (χ0n) is 7.80. The number of carbonyl (C=O) groups is 3. The number of primary amides is 1. The average Bonchev–Trinajstić information content (AvgIpc) is 2.43. The number of fused-ring (bicyclic) bond motifs is 1. The molecule has 3 N–H and O–H groups in total. The summed E-state index contributed by atoms with van der Waals surface area (Å²) in [7, 11) is 0. The van der Waals surface area contributed by atoms with Gasteiger partial charge in [0.05, 0.1) is 11.8 Å². The lowest BCUT2D eigenvalue weighted by atomic mass is 9.83. The molecule has 15 heavy (non-hydrogen) atoms. The second kappa shape index (κ2) is 3.38. The summed E-state index contributed by atoms with van der Waals surface area (Å²) in [6, 6.07) is 0. The van der Waals surface area contributed by atoms with Crippen LogP contribution in [0.25, 0.3) is 0 Å². The molecule has 3 atom stereocenters. The van der Waals surface area contributed by atoms with Crippen molar-refractivity contribution in [2.75, 3.05) is 0 Å². The normalized spacial score (nSPS) is 33.5. The molecular weight excluding hydrogens is 200 g/mol. The number of hydrogen-bond acceptors (Lipinski definition) is 4. The molecule has 6 heteroatoms. The summed E-state index contributed by atoms with van der Waals surface area (Å²) in [6.45, 7) is 0. The van der Waals surface area contributed by atoms with Crippen LogP contribution >= 0.6 is 0 Å². The number of carbonyl (C=O) groups excluding carboxylic acids is 3. The van der Waals surface area contributed by atoms with E-state index in [9.17, 15) is 14.4 Å². The molecule has 80 valence electrons. The van der Waals surface area contributed by atoms with Crippen LogP contribution in [0.2, 0.25) is 0 Å². The number of nitrogens with one attached hydrogen (secondary N) is 1. The first-order chi connectivity index (χ1) is 7.09. The van der Waals surface area contributed by atoms with Gasteiger partial charge in [-0.15, -0.1) is 0 Å². The zero-order valence-corrected chi connectivity index (χ0v) is 7.80. The maximum atomic E-state index is 11.4. The van der Waals surface area contributed by atoms with Crippen LogP contribution in [-0.2, 0) is 14.3 Å². The van der Waals surface area contributed by atoms with Crippen LogP contribution in [0, 0.1) is 11.8 Å².